The van der Waals surface area contributed by atoms with Gasteiger partial charge >= 0.3 is 11.7 Å². The monoisotopic (exact) mass is 528 g/mol. The highest BCUT2D eigenvalue weighted by atomic mass is 19.1. The predicted octanol–water partition coefficient (Wildman–Crippen LogP) is 5.38. The second-order valence-electron chi connectivity index (χ2n) is 8.59. The van der Waals surface area contributed by atoms with Crippen molar-refractivity contribution in [2.75, 3.05) is 6.61 Å². The normalized spacial score (nSPS) is 10.9. The number of nitrogens with zero attached hydrogens (tertiary/aromatic N) is 2. The number of oxazole rings is 1. The molecular formula is C30H25FN2O6. The van der Waals surface area contributed by atoms with Crippen molar-refractivity contribution in [3.8, 4) is 17.4 Å². The third-order valence-electron chi connectivity index (χ3n) is 5.91. The number of fused-ring (bicyclic) bond motifs is 1. The summed E-state index contributed by atoms with van der Waals surface area (Å²) in [5.41, 5.74) is 2.04. The van der Waals surface area contributed by atoms with Gasteiger partial charge in [-0.3, -0.25) is 4.79 Å². The Bertz CT molecular complexity index is 1650. The average Bonchev–Trinajstić information content (AvgIpc) is 3.30. The van der Waals surface area contributed by atoms with Crippen LogP contribution in [0.2, 0.25) is 0 Å². The molecule has 198 valence electrons. The van der Waals surface area contributed by atoms with Crippen molar-refractivity contribution in [2.45, 2.75) is 26.6 Å². The van der Waals surface area contributed by atoms with E-state index in [0.717, 1.165) is 11.1 Å². The van der Waals surface area contributed by atoms with Crippen LogP contribution in [0, 0.1) is 5.82 Å². The number of aromatic nitrogens is 2. The van der Waals surface area contributed by atoms with Gasteiger partial charge in [0.15, 0.2) is 11.4 Å². The number of carbonyl (C=O) groups is 1. The fourth-order valence-corrected chi connectivity index (χ4v) is 4.05. The van der Waals surface area contributed by atoms with Gasteiger partial charge in [-0.25, -0.2) is 13.8 Å². The number of hydrogen-bond donors (Lipinski definition) is 0. The number of rotatable bonds is 10. The van der Waals surface area contributed by atoms with E-state index in [0.29, 0.717) is 0 Å². The molecule has 0 saturated carbocycles. The molecule has 0 fully saturated rings. The highest BCUT2D eigenvalue weighted by molar-refractivity contribution is 5.80. The van der Waals surface area contributed by atoms with Gasteiger partial charge in [0.05, 0.1) is 18.5 Å². The van der Waals surface area contributed by atoms with E-state index in [9.17, 15) is 9.59 Å². The van der Waals surface area contributed by atoms with E-state index in [1.807, 2.05) is 60.7 Å². The average molecular weight is 529 g/mol. The van der Waals surface area contributed by atoms with E-state index in [1.54, 1.807) is 19.1 Å². The zero-order valence-electron chi connectivity index (χ0n) is 21.1. The maximum absolute atomic E-state index is 15.3. The maximum Gasteiger partial charge on any atom is 0.424 e. The van der Waals surface area contributed by atoms with Gasteiger partial charge in [-0.15, -0.1) is 0 Å². The molecule has 5 rings (SSSR count). The minimum absolute atomic E-state index is 0.0604. The molecule has 0 N–H and O–H groups in total. The van der Waals surface area contributed by atoms with E-state index >= 15 is 4.39 Å². The van der Waals surface area contributed by atoms with Gasteiger partial charge in [0.25, 0.3) is 0 Å². The standard InChI is InChI=1S/C30H25FN2O6/c1-2-36-26(34)17-22-13-14-23-28(27(22)31)39-30(35)33(23)24-15-16-25(37-18-20-9-5-3-6-10-20)32-29(24)38-19-21-11-7-4-8-12-21/h3-16H,2,17-19H2,1H3. The molecule has 0 saturated heterocycles. The van der Waals surface area contributed by atoms with Crippen molar-refractivity contribution in [2.24, 2.45) is 0 Å². The molecule has 0 aliphatic carbocycles. The Morgan fingerprint density at radius 1 is 0.897 bits per heavy atom. The van der Waals surface area contributed by atoms with Gasteiger partial charge in [0.1, 0.15) is 18.9 Å². The summed E-state index contributed by atoms with van der Waals surface area (Å²) < 4.78 is 38.5. The lowest BCUT2D eigenvalue weighted by molar-refractivity contribution is -0.142. The largest absolute Gasteiger partial charge is 0.473 e. The molecule has 0 radical (unpaired) electrons. The lowest BCUT2D eigenvalue weighted by Gasteiger charge is -2.13. The zero-order valence-corrected chi connectivity index (χ0v) is 21.1. The fourth-order valence-electron chi connectivity index (χ4n) is 4.05. The molecule has 2 heterocycles. The van der Waals surface area contributed by atoms with Crippen LogP contribution in [0.1, 0.15) is 23.6 Å². The number of ether oxygens (including phenoxy) is 3. The Kier molecular flexibility index (Phi) is 7.68. The van der Waals surface area contributed by atoms with Gasteiger partial charge in [0.2, 0.25) is 11.8 Å². The van der Waals surface area contributed by atoms with Crippen molar-refractivity contribution in [1.82, 2.24) is 9.55 Å². The summed E-state index contributed by atoms with van der Waals surface area (Å²) in [5, 5.41) is 0. The van der Waals surface area contributed by atoms with Gasteiger partial charge in [-0.2, -0.15) is 4.98 Å². The van der Waals surface area contributed by atoms with E-state index in [2.05, 4.69) is 4.98 Å². The summed E-state index contributed by atoms with van der Waals surface area (Å²) in [6.45, 7) is 2.30. The second-order valence-corrected chi connectivity index (χ2v) is 8.59. The number of hydrogen-bond acceptors (Lipinski definition) is 7. The van der Waals surface area contributed by atoms with Crippen molar-refractivity contribution >= 4 is 17.1 Å². The molecule has 39 heavy (non-hydrogen) atoms. The quantitative estimate of drug-likeness (QED) is 0.225. The minimum Gasteiger partial charge on any atom is -0.473 e. The Labute approximate surface area is 223 Å². The third kappa shape index (κ3) is 5.82. The second kappa shape index (κ2) is 11.6. The number of pyridine rings is 1. The van der Waals surface area contributed by atoms with Gasteiger partial charge in [-0.05, 0) is 30.2 Å². The first kappa shape index (κ1) is 25.7. The van der Waals surface area contributed by atoms with Crippen LogP contribution in [0.4, 0.5) is 4.39 Å². The first-order valence-electron chi connectivity index (χ1n) is 12.4. The molecule has 0 aliphatic rings. The molecule has 3 aromatic carbocycles. The predicted molar refractivity (Wildman–Crippen MR) is 141 cm³/mol. The Hall–Kier alpha value is -4.92. The first-order chi connectivity index (χ1) is 19.0. The molecule has 2 aromatic heterocycles. The van der Waals surface area contributed by atoms with Crippen LogP contribution in [-0.4, -0.2) is 22.1 Å². The van der Waals surface area contributed by atoms with Crippen LogP contribution in [0.3, 0.4) is 0 Å². The Morgan fingerprint density at radius 2 is 1.56 bits per heavy atom. The summed E-state index contributed by atoms with van der Waals surface area (Å²) in [4.78, 5) is 29.4. The van der Waals surface area contributed by atoms with Crippen LogP contribution in [0.15, 0.2) is 94.1 Å². The van der Waals surface area contributed by atoms with Crippen LogP contribution >= 0.6 is 0 Å². The number of halogens is 1. The molecule has 0 bridgehead atoms. The van der Waals surface area contributed by atoms with Crippen LogP contribution in [-0.2, 0) is 29.2 Å². The van der Waals surface area contributed by atoms with E-state index < -0.39 is 17.5 Å². The molecule has 5 aromatic rings. The highest BCUT2D eigenvalue weighted by Gasteiger charge is 2.22. The van der Waals surface area contributed by atoms with E-state index in [1.165, 1.54) is 16.7 Å². The molecule has 0 aliphatic heterocycles. The topological polar surface area (TPSA) is 92.8 Å². The van der Waals surface area contributed by atoms with Crippen molar-refractivity contribution in [3.05, 3.63) is 118 Å². The number of benzene rings is 3. The van der Waals surface area contributed by atoms with Crippen molar-refractivity contribution in [1.29, 1.82) is 0 Å². The minimum atomic E-state index is -0.832. The molecule has 8 nitrogen and oxygen atoms in total. The van der Waals surface area contributed by atoms with Gasteiger partial charge < -0.3 is 18.6 Å². The van der Waals surface area contributed by atoms with Crippen molar-refractivity contribution in [3.63, 3.8) is 0 Å². The zero-order chi connectivity index (χ0) is 27.2. The summed E-state index contributed by atoms with van der Waals surface area (Å²) in [6.07, 6.45) is -0.287. The number of esters is 1. The van der Waals surface area contributed by atoms with E-state index in [4.69, 9.17) is 18.6 Å². The van der Waals surface area contributed by atoms with Gasteiger partial charge in [0, 0.05) is 11.6 Å². The van der Waals surface area contributed by atoms with Crippen LogP contribution in [0.5, 0.6) is 11.8 Å². The Balaban J connectivity index is 1.52. The van der Waals surface area contributed by atoms with Crippen molar-refractivity contribution < 1.29 is 27.8 Å². The molecule has 0 amide bonds. The molecule has 9 heteroatoms. The SMILES string of the molecule is CCOC(=O)Cc1ccc2c(oc(=O)n2-c2ccc(OCc3ccccc3)nc2OCc2ccccc2)c1F. The summed E-state index contributed by atoms with van der Waals surface area (Å²) in [7, 11) is 0. The molecule has 0 atom stereocenters. The summed E-state index contributed by atoms with van der Waals surface area (Å²) in [6, 6.07) is 25.2. The maximum atomic E-state index is 15.3. The molecular weight excluding hydrogens is 503 g/mol. The number of carbonyl (C=O) groups excluding carboxylic acids is 1. The van der Waals surface area contributed by atoms with E-state index in [-0.39, 0.29) is 60.4 Å². The van der Waals surface area contributed by atoms with Gasteiger partial charge in [-0.1, -0.05) is 66.7 Å². The highest BCUT2D eigenvalue weighted by Crippen LogP contribution is 2.29. The fraction of sp³-hybridized carbons (Fsp3) is 0.167. The first-order valence-corrected chi connectivity index (χ1v) is 12.4. The Morgan fingerprint density at radius 3 is 2.23 bits per heavy atom. The van der Waals surface area contributed by atoms with Crippen LogP contribution in [0.25, 0.3) is 16.8 Å². The lowest BCUT2D eigenvalue weighted by Crippen LogP contribution is -2.14. The molecule has 0 unspecified atom stereocenters. The summed E-state index contributed by atoms with van der Waals surface area (Å²) >= 11 is 0. The smallest absolute Gasteiger partial charge is 0.424 e. The molecule has 0 spiro atoms. The summed E-state index contributed by atoms with van der Waals surface area (Å²) in [5.74, 6) is -1.83. The lowest BCUT2D eigenvalue weighted by atomic mass is 10.1. The van der Waals surface area contributed by atoms with Crippen LogP contribution < -0.4 is 15.2 Å². The third-order valence-corrected chi connectivity index (χ3v) is 5.91.